The standard InChI is InChI=1S/C8H17BrO2/c1-10-6-4-8-11-7-3-2-5-9/h2-8H2,1H3. The average Bonchev–Trinajstić information content (AvgIpc) is 2.03. The molecule has 0 bridgehead atoms. The third-order valence-corrected chi connectivity index (χ3v) is 1.87. The Bertz CT molecular complexity index is 61.1. The molecule has 0 aliphatic heterocycles. The van der Waals surface area contributed by atoms with E-state index in [2.05, 4.69) is 15.9 Å². The summed E-state index contributed by atoms with van der Waals surface area (Å²) in [6, 6.07) is 0. The van der Waals surface area contributed by atoms with E-state index in [1.807, 2.05) is 0 Å². The summed E-state index contributed by atoms with van der Waals surface area (Å²) in [7, 11) is 1.71. The van der Waals surface area contributed by atoms with Crippen molar-refractivity contribution in [1.29, 1.82) is 0 Å². The molecule has 0 aromatic rings. The summed E-state index contributed by atoms with van der Waals surface area (Å²) in [6.45, 7) is 2.52. The van der Waals surface area contributed by atoms with Crippen LogP contribution >= 0.6 is 15.9 Å². The van der Waals surface area contributed by atoms with E-state index in [0.717, 1.165) is 38.0 Å². The van der Waals surface area contributed by atoms with Crippen LogP contribution in [0.25, 0.3) is 0 Å². The lowest BCUT2D eigenvalue weighted by atomic mass is 10.4. The van der Waals surface area contributed by atoms with Gasteiger partial charge in [0.2, 0.25) is 0 Å². The Morgan fingerprint density at radius 2 is 1.73 bits per heavy atom. The molecule has 0 atom stereocenters. The molecule has 0 aliphatic carbocycles. The lowest BCUT2D eigenvalue weighted by Gasteiger charge is -2.01. The summed E-state index contributed by atoms with van der Waals surface area (Å²) < 4.78 is 10.2. The zero-order valence-corrected chi connectivity index (χ0v) is 8.73. The molecule has 0 aromatic carbocycles. The number of hydrogen-bond acceptors (Lipinski definition) is 2. The first-order valence-electron chi connectivity index (χ1n) is 4.04. The lowest BCUT2D eigenvalue weighted by molar-refractivity contribution is 0.101. The molecule has 0 unspecified atom stereocenters. The normalized spacial score (nSPS) is 10.4. The first-order valence-corrected chi connectivity index (χ1v) is 5.16. The molecule has 0 saturated carbocycles. The van der Waals surface area contributed by atoms with E-state index in [4.69, 9.17) is 9.47 Å². The zero-order chi connectivity index (χ0) is 8.36. The molecule has 3 heteroatoms. The van der Waals surface area contributed by atoms with Crippen molar-refractivity contribution in [3.8, 4) is 0 Å². The minimum Gasteiger partial charge on any atom is -0.385 e. The SMILES string of the molecule is COCCCOCCCCBr. The largest absolute Gasteiger partial charge is 0.385 e. The van der Waals surface area contributed by atoms with Crippen molar-refractivity contribution < 1.29 is 9.47 Å². The van der Waals surface area contributed by atoms with Crippen LogP contribution in [0.1, 0.15) is 19.3 Å². The van der Waals surface area contributed by atoms with E-state index in [1.165, 1.54) is 6.42 Å². The maximum atomic E-state index is 5.34. The van der Waals surface area contributed by atoms with Gasteiger partial charge in [0.25, 0.3) is 0 Å². The Labute approximate surface area is 77.4 Å². The summed E-state index contributed by atoms with van der Waals surface area (Å²) in [4.78, 5) is 0. The number of rotatable bonds is 8. The second kappa shape index (κ2) is 10.4. The summed E-state index contributed by atoms with van der Waals surface area (Å²) >= 11 is 3.37. The summed E-state index contributed by atoms with van der Waals surface area (Å²) in [5, 5.41) is 1.08. The minimum atomic E-state index is 0.804. The Hall–Kier alpha value is 0.400. The van der Waals surface area contributed by atoms with E-state index >= 15 is 0 Å². The van der Waals surface area contributed by atoms with Gasteiger partial charge in [0.15, 0.2) is 0 Å². The highest BCUT2D eigenvalue weighted by Gasteiger charge is 1.88. The molecular formula is C8H17BrO2. The average molecular weight is 225 g/mol. The van der Waals surface area contributed by atoms with Crippen LogP contribution in [0.5, 0.6) is 0 Å². The van der Waals surface area contributed by atoms with Gasteiger partial charge in [0.05, 0.1) is 0 Å². The zero-order valence-electron chi connectivity index (χ0n) is 7.14. The predicted octanol–water partition coefficient (Wildman–Crippen LogP) is 2.21. The number of halogens is 1. The Kier molecular flexibility index (Phi) is 10.8. The minimum absolute atomic E-state index is 0.804. The molecule has 0 heterocycles. The quantitative estimate of drug-likeness (QED) is 0.465. The van der Waals surface area contributed by atoms with Crippen molar-refractivity contribution >= 4 is 15.9 Å². The highest BCUT2D eigenvalue weighted by molar-refractivity contribution is 9.09. The molecule has 0 amide bonds. The van der Waals surface area contributed by atoms with E-state index in [1.54, 1.807) is 7.11 Å². The van der Waals surface area contributed by atoms with Crippen LogP contribution in [0.2, 0.25) is 0 Å². The van der Waals surface area contributed by atoms with Crippen molar-refractivity contribution in [2.75, 3.05) is 32.3 Å². The first kappa shape index (κ1) is 11.4. The molecule has 0 aliphatic rings. The highest BCUT2D eigenvalue weighted by atomic mass is 79.9. The summed E-state index contributed by atoms with van der Waals surface area (Å²) in [5.41, 5.74) is 0. The molecular weight excluding hydrogens is 208 g/mol. The number of methoxy groups -OCH3 is 1. The van der Waals surface area contributed by atoms with Crippen LogP contribution in [-0.2, 0) is 9.47 Å². The molecule has 0 radical (unpaired) electrons. The van der Waals surface area contributed by atoms with Gasteiger partial charge >= 0.3 is 0 Å². The third-order valence-electron chi connectivity index (χ3n) is 1.31. The molecule has 68 valence electrons. The molecule has 2 nitrogen and oxygen atoms in total. The molecule has 0 saturated heterocycles. The van der Waals surface area contributed by atoms with Crippen molar-refractivity contribution in [3.63, 3.8) is 0 Å². The van der Waals surface area contributed by atoms with Gasteiger partial charge in [0, 0.05) is 32.3 Å². The van der Waals surface area contributed by atoms with Gasteiger partial charge < -0.3 is 9.47 Å². The second-order valence-corrected chi connectivity index (χ2v) is 3.15. The molecule has 0 rings (SSSR count). The van der Waals surface area contributed by atoms with Crippen molar-refractivity contribution in [2.24, 2.45) is 0 Å². The number of hydrogen-bond donors (Lipinski definition) is 0. The Balaban J connectivity index is 2.69. The van der Waals surface area contributed by atoms with Gasteiger partial charge in [-0.15, -0.1) is 0 Å². The maximum Gasteiger partial charge on any atom is 0.0487 e. The fourth-order valence-electron chi connectivity index (χ4n) is 0.706. The monoisotopic (exact) mass is 224 g/mol. The van der Waals surface area contributed by atoms with Crippen molar-refractivity contribution in [3.05, 3.63) is 0 Å². The van der Waals surface area contributed by atoms with E-state index < -0.39 is 0 Å². The first-order chi connectivity index (χ1) is 5.41. The van der Waals surface area contributed by atoms with E-state index in [9.17, 15) is 0 Å². The predicted molar refractivity (Wildman–Crippen MR) is 50.3 cm³/mol. The molecule has 0 N–H and O–H groups in total. The van der Waals surface area contributed by atoms with Crippen LogP contribution in [-0.4, -0.2) is 32.3 Å². The van der Waals surface area contributed by atoms with E-state index in [0.29, 0.717) is 0 Å². The van der Waals surface area contributed by atoms with Gasteiger partial charge in [-0.25, -0.2) is 0 Å². The second-order valence-electron chi connectivity index (χ2n) is 2.35. The molecule has 0 aromatic heterocycles. The maximum absolute atomic E-state index is 5.34. The van der Waals surface area contributed by atoms with Gasteiger partial charge in [-0.05, 0) is 19.3 Å². The van der Waals surface area contributed by atoms with Gasteiger partial charge in [0.1, 0.15) is 0 Å². The summed E-state index contributed by atoms with van der Waals surface area (Å²) in [6.07, 6.45) is 3.35. The van der Waals surface area contributed by atoms with Crippen LogP contribution in [0.15, 0.2) is 0 Å². The topological polar surface area (TPSA) is 18.5 Å². The van der Waals surface area contributed by atoms with Crippen LogP contribution < -0.4 is 0 Å². The smallest absolute Gasteiger partial charge is 0.0487 e. The Morgan fingerprint density at radius 3 is 2.36 bits per heavy atom. The molecule has 0 fully saturated rings. The van der Waals surface area contributed by atoms with Crippen LogP contribution in [0.3, 0.4) is 0 Å². The fraction of sp³-hybridized carbons (Fsp3) is 1.00. The van der Waals surface area contributed by atoms with Crippen molar-refractivity contribution in [1.82, 2.24) is 0 Å². The van der Waals surface area contributed by atoms with Gasteiger partial charge in [-0.2, -0.15) is 0 Å². The third kappa shape index (κ3) is 10.4. The summed E-state index contributed by atoms with van der Waals surface area (Å²) in [5.74, 6) is 0. The van der Waals surface area contributed by atoms with Gasteiger partial charge in [-0.3, -0.25) is 0 Å². The van der Waals surface area contributed by atoms with Crippen LogP contribution in [0, 0.1) is 0 Å². The number of ether oxygens (including phenoxy) is 2. The van der Waals surface area contributed by atoms with Crippen LogP contribution in [0.4, 0.5) is 0 Å². The number of unbranched alkanes of at least 4 members (excludes halogenated alkanes) is 1. The molecule has 11 heavy (non-hydrogen) atoms. The number of alkyl halides is 1. The highest BCUT2D eigenvalue weighted by Crippen LogP contribution is 1.94. The van der Waals surface area contributed by atoms with Crippen molar-refractivity contribution in [2.45, 2.75) is 19.3 Å². The lowest BCUT2D eigenvalue weighted by Crippen LogP contribution is -2.00. The van der Waals surface area contributed by atoms with E-state index in [-0.39, 0.29) is 0 Å². The van der Waals surface area contributed by atoms with Gasteiger partial charge in [-0.1, -0.05) is 15.9 Å². The fourth-order valence-corrected chi connectivity index (χ4v) is 1.10. The molecule has 0 spiro atoms. The Morgan fingerprint density at radius 1 is 1.00 bits per heavy atom.